The third-order valence-corrected chi connectivity index (χ3v) is 0. The van der Waals surface area contributed by atoms with E-state index in [0.717, 1.165) is 27.7 Å². The molecule has 10 heteroatoms. The fourth-order valence-corrected chi connectivity index (χ4v) is 0. The number of aliphatic carboxylic acids is 4. The predicted octanol–water partition coefficient (Wildman–Crippen LogP) is -5.36. The fourth-order valence-electron chi connectivity index (χ4n) is 0. The smallest absolute Gasteiger partial charge is 0.550 e. The van der Waals surface area contributed by atoms with E-state index >= 15 is 0 Å². The second-order valence-corrected chi connectivity index (χ2v) is 1.97. The van der Waals surface area contributed by atoms with Gasteiger partial charge in [-0.05, 0) is 27.7 Å². The Morgan fingerprint density at radius 2 is 0.556 bits per heavy atom. The third-order valence-electron chi connectivity index (χ3n) is 0. The van der Waals surface area contributed by atoms with E-state index in [1.165, 1.54) is 0 Å². The van der Waals surface area contributed by atoms with Gasteiger partial charge in [0.1, 0.15) is 0 Å². The van der Waals surface area contributed by atoms with Crippen molar-refractivity contribution < 1.29 is 56.4 Å². The summed E-state index contributed by atoms with van der Waals surface area (Å²) in [6, 6.07) is 0. The topological polar surface area (TPSA) is 161 Å². The molecule has 0 aliphatic rings. The molecule has 0 aromatic rings. The minimum Gasteiger partial charge on any atom is -0.550 e. The molecule has 0 saturated carbocycles. The van der Waals surface area contributed by atoms with Crippen LogP contribution in [-0.2, 0) is 36.0 Å². The molecule has 0 saturated heterocycles. The van der Waals surface area contributed by atoms with Gasteiger partial charge in [0, 0.05) is 23.9 Å². The molecule has 18 heavy (non-hydrogen) atoms. The number of carbonyl (C=O) groups is 4. The van der Waals surface area contributed by atoms with Gasteiger partial charge in [-0.25, -0.2) is 0 Å². The van der Waals surface area contributed by atoms with Crippen LogP contribution in [0.2, 0.25) is 0 Å². The van der Waals surface area contributed by atoms with E-state index in [4.69, 9.17) is 39.6 Å². The van der Waals surface area contributed by atoms with Gasteiger partial charge in [-0.1, -0.05) is 0 Å². The minimum absolute atomic E-state index is 0. The average molecular weight is 319 g/mol. The maximum Gasteiger partial charge on any atom is 2.00 e. The molecule has 0 atom stereocenters. The fraction of sp³-hybridized carbons (Fsp3) is 0.500. The van der Waals surface area contributed by atoms with E-state index in [2.05, 4.69) is 0 Å². The standard InChI is InChI=1S/4C2H4O2.Co.Mg/c4*1-2(3)4;;/h4*1H3,(H,3,4);;/q;;;;2*+2/p-4. The molecule has 0 amide bonds. The van der Waals surface area contributed by atoms with Gasteiger partial charge in [-0.3, -0.25) is 0 Å². The number of hydrogen-bond acceptors (Lipinski definition) is 8. The SMILES string of the molecule is CC(=O)[O-].CC(=O)[O-].CC(=O)[O-].CC(=O)[O-].[Co+2].[Mg+2]. The van der Waals surface area contributed by atoms with Crippen molar-refractivity contribution in [3.8, 4) is 0 Å². The monoisotopic (exact) mass is 319 g/mol. The van der Waals surface area contributed by atoms with E-state index in [0.29, 0.717) is 0 Å². The Kier molecular flexibility index (Phi) is 59.6. The zero-order valence-corrected chi connectivity index (χ0v) is 12.8. The van der Waals surface area contributed by atoms with Crippen molar-refractivity contribution in [3.63, 3.8) is 0 Å². The zero-order valence-electron chi connectivity index (χ0n) is 10.3. The molecule has 0 aromatic heterocycles. The first kappa shape index (κ1) is 36.0. The van der Waals surface area contributed by atoms with E-state index < -0.39 is 23.9 Å². The molecular formula is C8H12CoMgO8. The molecule has 0 N–H and O–H groups in total. The van der Waals surface area contributed by atoms with E-state index in [-0.39, 0.29) is 39.8 Å². The summed E-state index contributed by atoms with van der Waals surface area (Å²) in [6.45, 7) is 3.89. The van der Waals surface area contributed by atoms with Crippen LogP contribution in [0.1, 0.15) is 27.7 Å². The maximum absolute atomic E-state index is 8.89. The molecule has 8 nitrogen and oxygen atoms in total. The average Bonchev–Trinajstić information content (AvgIpc) is 1.76. The van der Waals surface area contributed by atoms with Crippen molar-refractivity contribution in [2.45, 2.75) is 27.7 Å². The van der Waals surface area contributed by atoms with Crippen LogP contribution in [-0.4, -0.2) is 46.9 Å². The summed E-state index contributed by atoms with van der Waals surface area (Å²) in [5.41, 5.74) is 0. The van der Waals surface area contributed by atoms with Crippen LogP contribution in [0.25, 0.3) is 0 Å². The van der Waals surface area contributed by atoms with Crippen LogP contribution in [0.5, 0.6) is 0 Å². The number of rotatable bonds is 0. The normalized spacial score (nSPS) is 5.56. The Hall–Kier alpha value is -0.847. The van der Waals surface area contributed by atoms with Gasteiger partial charge >= 0.3 is 39.8 Å². The third kappa shape index (κ3) is 4230. The summed E-state index contributed by atoms with van der Waals surface area (Å²) < 4.78 is 0. The van der Waals surface area contributed by atoms with Crippen LogP contribution < -0.4 is 20.4 Å². The van der Waals surface area contributed by atoms with E-state index in [1.807, 2.05) is 0 Å². The van der Waals surface area contributed by atoms with Crippen molar-refractivity contribution in [1.29, 1.82) is 0 Å². The summed E-state index contributed by atoms with van der Waals surface area (Å²) in [4.78, 5) is 35.6. The van der Waals surface area contributed by atoms with Gasteiger partial charge in [0.2, 0.25) is 0 Å². The maximum atomic E-state index is 8.89. The predicted molar refractivity (Wildman–Crippen MR) is 48.5 cm³/mol. The molecule has 0 aromatic carbocycles. The molecule has 0 aliphatic carbocycles. The molecule has 103 valence electrons. The molecule has 1 radical (unpaired) electrons. The van der Waals surface area contributed by atoms with Crippen LogP contribution >= 0.6 is 0 Å². The molecular weight excluding hydrogens is 307 g/mol. The second kappa shape index (κ2) is 29.8. The van der Waals surface area contributed by atoms with Crippen LogP contribution in [0.3, 0.4) is 0 Å². The molecule has 0 heterocycles. The Morgan fingerprint density at radius 3 is 0.556 bits per heavy atom. The quantitative estimate of drug-likeness (QED) is 0.400. The van der Waals surface area contributed by atoms with Gasteiger partial charge in [-0.2, -0.15) is 0 Å². The first-order valence-corrected chi connectivity index (χ1v) is 3.63. The van der Waals surface area contributed by atoms with Crippen LogP contribution in [0, 0.1) is 0 Å². The van der Waals surface area contributed by atoms with Gasteiger partial charge in [0.15, 0.2) is 0 Å². The molecule has 0 rings (SSSR count). The van der Waals surface area contributed by atoms with Gasteiger partial charge in [0.05, 0.1) is 0 Å². The molecule has 0 bridgehead atoms. The molecule has 0 aliphatic heterocycles. The van der Waals surface area contributed by atoms with Crippen molar-refractivity contribution in [1.82, 2.24) is 0 Å². The Morgan fingerprint density at radius 1 is 0.556 bits per heavy atom. The number of carbonyl (C=O) groups excluding carboxylic acids is 4. The Balaban J connectivity index is -0.0000000257. The zero-order chi connectivity index (χ0) is 14.3. The Labute approximate surface area is 131 Å². The summed E-state index contributed by atoms with van der Waals surface area (Å²) >= 11 is 0. The minimum atomic E-state index is -1.08. The Bertz CT molecular complexity index is 167. The summed E-state index contributed by atoms with van der Waals surface area (Å²) in [5.74, 6) is -4.33. The first-order chi connectivity index (χ1) is 6.93. The number of hydrogen-bond donors (Lipinski definition) is 0. The van der Waals surface area contributed by atoms with Crippen molar-refractivity contribution in [3.05, 3.63) is 0 Å². The largest absolute Gasteiger partial charge is 2.00 e. The van der Waals surface area contributed by atoms with Gasteiger partial charge in [0.25, 0.3) is 0 Å². The number of carboxylic acid groups (broad SMARTS) is 4. The van der Waals surface area contributed by atoms with Crippen LogP contribution in [0.4, 0.5) is 0 Å². The summed E-state index contributed by atoms with van der Waals surface area (Å²) in [5, 5.41) is 35.6. The molecule has 0 spiro atoms. The van der Waals surface area contributed by atoms with Gasteiger partial charge < -0.3 is 39.6 Å². The molecule has 0 fully saturated rings. The second-order valence-electron chi connectivity index (χ2n) is 1.97. The van der Waals surface area contributed by atoms with E-state index in [1.54, 1.807) is 0 Å². The molecule has 0 unspecified atom stereocenters. The van der Waals surface area contributed by atoms with Gasteiger partial charge in [-0.15, -0.1) is 0 Å². The van der Waals surface area contributed by atoms with Crippen LogP contribution in [0.15, 0.2) is 0 Å². The van der Waals surface area contributed by atoms with E-state index in [9.17, 15) is 0 Å². The van der Waals surface area contributed by atoms with Crippen molar-refractivity contribution >= 4 is 46.9 Å². The van der Waals surface area contributed by atoms with Crippen molar-refractivity contribution in [2.75, 3.05) is 0 Å². The summed E-state index contributed by atoms with van der Waals surface area (Å²) in [7, 11) is 0. The first-order valence-electron chi connectivity index (χ1n) is 3.63. The number of carboxylic acids is 4. The van der Waals surface area contributed by atoms with Crippen molar-refractivity contribution in [2.24, 2.45) is 0 Å². The summed E-state index contributed by atoms with van der Waals surface area (Å²) in [6.07, 6.45) is 0.